The smallest absolute Gasteiger partial charge is 0.127 e. The minimum atomic E-state index is -0.222. The second kappa shape index (κ2) is 74.6. The molecule has 0 aliphatic carbocycles. The first-order chi connectivity index (χ1) is 72.3. The van der Waals surface area contributed by atoms with Crippen LogP contribution in [0.15, 0.2) is 458 Å². The zero-order valence-electron chi connectivity index (χ0n) is 88.3. The molecule has 0 amide bonds. The van der Waals surface area contributed by atoms with Gasteiger partial charge >= 0.3 is 0 Å². The van der Waals surface area contributed by atoms with Crippen molar-refractivity contribution >= 4 is 67.0 Å². The van der Waals surface area contributed by atoms with Crippen molar-refractivity contribution in [2.75, 3.05) is 20.8 Å². The van der Waals surface area contributed by atoms with Gasteiger partial charge in [-0.3, -0.25) is 54.9 Å². The van der Waals surface area contributed by atoms with Crippen LogP contribution in [-0.4, -0.2) is 86.2 Å². The van der Waals surface area contributed by atoms with E-state index in [0.717, 1.165) is 112 Å². The van der Waals surface area contributed by atoms with E-state index in [1.165, 1.54) is 104 Å². The number of unbranched alkanes of at least 4 members (excludes halogenated alkanes) is 3. The molecule has 0 saturated carbocycles. The number of halogens is 2. The van der Waals surface area contributed by atoms with Crippen LogP contribution in [0.2, 0.25) is 5.02 Å². The van der Waals surface area contributed by atoms with Crippen LogP contribution in [0.5, 0.6) is 11.5 Å². The van der Waals surface area contributed by atoms with Crippen LogP contribution >= 0.6 is 11.6 Å². The Labute approximate surface area is 886 Å². The molecule has 2 heterocycles. The lowest BCUT2D eigenvalue weighted by Crippen LogP contribution is -1.98. The number of aromatic nitrogens is 2. The van der Waals surface area contributed by atoms with Crippen LogP contribution in [0.25, 0.3) is 0 Å². The van der Waals surface area contributed by atoms with Gasteiger partial charge in [-0.1, -0.05) is 412 Å². The molecule has 2 aromatic heterocycles. The molecule has 14 nitrogen and oxygen atoms in total. The molecular formula is C132H144ClFN12O2. The maximum absolute atomic E-state index is 12.7. The van der Waals surface area contributed by atoms with E-state index in [1.807, 2.05) is 220 Å². The second-order valence-electron chi connectivity index (χ2n) is 34.5. The van der Waals surface area contributed by atoms with Crippen molar-refractivity contribution in [1.29, 1.82) is 5.26 Å². The lowest BCUT2D eigenvalue weighted by molar-refractivity contribution is 0.410. The van der Waals surface area contributed by atoms with E-state index in [2.05, 4.69) is 325 Å². The van der Waals surface area contributed by atoms with Crippen molar-refractivity contribution < 1.29 is 13.9 Å². The molecule has 1 unspecified atom stereocenters. The predicted molar refractivity (Wildman–Crippen MR) is 629 cm³/mol. The molecular weight excluding hydrogens is 1840 g/mol. The number of rotatable bonds is 32. The fourth-order valence-corrected chi connectivity index (χ4v) is 13.3. The Morgan fingerprint density at radius 3 is 1.13 bits per heavy atom. The third-order valence-electron chi connectivity index (χ3n) is 21.7. The third kappa shape index (κ3) is 53.9. The summed E-state index contributed by atoms with van der Waals surface area (Å²) in [5.41, 5.74) is 26.6. The van der Waals surface area contributed by atoms with Crippen molar-refractivity contribution in [3.63, 3.8) is 0 Å². The zero-order valence-corrected chi connectivity index (χ0v) is 89.1. The SMILES string of the molecule is C(=NCc1ccccc1)c1ccccc1.C(=NCc1ccccn1)c1ccccn1.CC(=NC(C)c1ccccc1)c1ccccc1.CCCC#N.CCCC=NCCCC.COc1ccccc1C=NCc1ccccc1OC.Cc1ccc(C=NCc2ccc(C)cc2)cc1.Cc1ccc(C=NCc2ccc(C)cc2)cc1.Cc1ccc(CN=Cc2ccc(Cl)cc2)cc1.Cc1ccc(CN=Cc2ccc(F)cc2)cc1. The molecule has 16 heteroatoms. The van der Waals surface area contributed by atoms with Crippen molar-refractivity contribution in [1.82, 2.24) is 9.97 Å². The van der Waals surface area contributed by atoms with Crippen LogP contribution in [0.1, 0.15) is 202 Å². The number of hydrogen-bond donors (Lipinski definition) is 0. The largest absolute Gasteiger partial charge is 0.496 e. The molecule has 16 aromatic rings. The van der Waals surface area contributed by atoms with E-state index in [4.69, 9.17) is 31.3 Å². The first-order valence-electron chi connectivity index (χ1n) is 50.3. The number of hydrogen-bond acceptors (Lipinski definition) is 14. The van der Waals surface area contributed by atoms with E-state index in [0.29, 0.717) is 32.6 Å². The highest BCUT2D eigenvalue weighted by Crippen LogP contribution is 2.22. The standard InChI is InChI=1S/C16H17NO2.3C16H17N.C15H14ClN.C15H14FN.C14H13N.C12H11N3.C8H17N.C4H7N/c1-18-15-9-5-3-7-13(15)11-17-12-14-8-4-6-10-16(14)19-2;2*1-13-3-7-15(8-4-13)11-17-12-16-9-5-14(2)6-10-16;1-13(15-9-5-3-6-10-15)17-14(2)16-11-7-4-8-12-16;2*1-12-2-4-13(5-3-12)10-17-11-14-6-8-15(16)9-7-14;1-3-7-13(8-4-1)11-15-12-14-9-5-2-6-10-14;1-3-7-14-11(5-1)9-13-10-12-6-2-4-8-15-12;1-3-5-7-9-8-6-4-2;1-2-3-4-5/h3-11H,12H2,1-2H3;2*3-11H,12H2,1-2H3;3-13H,1-2H3;2*2-9,11H,10H2,1H3;1-11H,12H2;1-9H,10H2;7H,3-6,8H2,1-2H3;2-3H2,1H3. The van der Waals surface area contributed by atoms with Gasteiger partial charge in [0.25, 0.3) is 0 Å². The summed E-state index contributed by atoms with van der Waals surface area (Å²) >= 11 is 5.81. The normalized spacial score (nSPS) is 11.0. The lowest BCUT2D eigenvalue weighted by atomic mass is 10.1. The molecule has 16 rings (SSSR count). The number of nitrogens with zero attached hydrogens (tertiary/aromatic N) is 12. The van der Waals surface area contributed by atoms with E-state index < -0.39 is 0 Å². The average molecular weight is 1990 g/mol. The highest BCUT2D eigenvalue weighted by Gasteiger charge is 2.07. The topological polar surface area (TPSA) is 179 Å². The highest BCUT2D eigenvalue weighted by atomic mass is 35.5. The summed E-state index contributed by atoms with van der Waals surface area (Å²) in [5, 5.41) is 8.57. The van der Waals surface area contributed by atoms with Gasteiger partial charge in [0.1, 0.15) is 17.3 Å². The van der Waals surface area contributed by atoms with Crippen LogP contribution in [-0.2, 0) is 45.8 Å². The van der Waals surface area contributed by atoms with Crippen molar-refractivity contribution in [2.45, 2.75) is 167 Å². The summed E-state index contributed by atoms with van der Waals surface area (Å²) in [7, 11) is 3.33. The van der Waals surface area contributed by atoms with Crippen molar-refractivity contribution in [2.24, 2.45) is 44.9 Å². The summed E-state index contributed by atoms with van der Waals surface area (Å²) in [6.45, 7) is 28.9. The van der Waals surface area contributed by atoms with E-state index in [-0.39, 0.29) is 11.9 Å². The molecule has 1 atom stereocenters. The lowest BCUT2D eigenvalue weighted by Gasteiger charge is -2.09. The molecule has 0 bridgehead atoms. The number of nitriles is 1. The number of para-hydroxylation sites is 2. The van der Waals surface area contributed by atoms with Crippen LogP contribution in [0.4, 0.5) is 4.39 Å². The van der Waals surface area contributed by atoms with Gasteiger partial charge in [-0.05, 0) is 214 Å². The fourth-order valence-electron chi connectivity index (χ4n) is 13.1. The molecule has 0 aliphatic rings. The zero-order chi connectivity index (χ0) is 106. The first kappa shape index (κ1) is 119. The highest BCUT2D eigenvalue weighted by molar-refractivity contribution is 6.30. The first-order valence-corrected chi connectivity index (χ1v) is 50.7. The average Bonchev–Trinajstić information content (AvgIpc) is 0.879. The monoisotopic (exact) mass is 1980 g/mol. The number of aliphatic imine (C=N–C) groups is 9. The molecule has 758 valence electrons. The number of methoxy groups -OCH3 is 2. The summed E-state index contributed by atoms with van der Waals surface area (Å²) in [6, 6.07) is 135. The van der Waals surface area contributed by atoms with Gasteiger partial charge in [0.05, 0.1) is 83.5 Å². The van der Waals surface area contributed by atoms with Crippen molar-refractivity contribution in [3.8, 4) is 17.6 Å². The van der Waals surface area contributed by atoms with Crippen LogP contribution in [0.3, 0.4) is 0 Å². The maximum Gasteiger partial charge on any atom is 0.127 e. The van der Waals surface area contributed by atoms with Gasteiger partial charge in [-0.15, -0.1) is 0 Å². The Bertz CT molecular complexity index is 6070. The Hall–Kier alpha value is -16.3. The van der Waals surface area contributed by atoms with Crippen LogP contribution in [0, 0.1) is 58.7 Å². The molecule has 0 fully saturated rings. The van der Waals surface area contributed by atoms with E-state index >= 15 is 0 Å². The summed E-state index contributed by atoms with van der Waals surface area (Å²) in [6.07, 6.45) is 25.1. The molecule has 0 spiro atoms. The van der Waals surface area contributed by atoms with Gasteiger partial charge in [0.2, 0.25) is 0 Å². The van der Waals surface area contributed by atoms with Crippen molar-refractivity contribution in [3.05, 3.63) is 546 Å². The van der Waals surface area contributed by atoms with Gasteiger partial charge < -0.3 is 9.47 Å². The molecule has 0 radical (unpaired) electrons. The molecule has 0 aliphatic heterocycles. The Balaban J connectivity index is 0.000000225. The van der Waals surface area contributed by atoms with E-state index in [1.54, 1.807) is 51.2 Å². The minimum Gasteiger partial charge on any atom is -0.496 e. The molecule has 0 saturated heterocycles. The predicted octanol–water partition coefficient (Wildman–Crippen LogP) is 32.8. The third-order valence-corrected chi connectivity index (χ3v) is 22.0. The molecule has 14 aromatic carbocycles. The Morgan fingerprint density at radius 2 is 0.716 bits per heavy atom. The maximum atomic E-state index is 12.7. The van der Waals surface area contributed by atoms with Gasteiger partial charge in [0, 0.05) is 90.7 Å². The fraction of sp³-hybridized carbons (Fsp3) is 0.212. The van der Waals surface area contributed by atoms with Gasteiger partial charge in [-0.2, -0.15) is 5.26 Å². The van der Waals surface area contributed by atoms with Gasteiger partial charge in [-0.25, -0.2) is 4.39 Å². The summed E-state index contributed by atoms with van der Waals surface area (Å²) in [5.74, 6) is 1.46. The van der Waals surface area contributed by atoms with Gasteiger partial charge in [0.15, 0.2) is 0 Å². The second-order valence-corrected chi connectivity index (χ2v) is 34.9. The number of benzene rings is 14. The summed E-state index contributed by atoms with van der Waals surface area (Å²) in [4.78, 5) is 48.0. The summed E-state index contributed by atoms with van der Waals surface area (Å²) < 4.78 is 23.2. The quantitative estimate of drug-likeness (QED) is 0.0300. The number of aryl methyl sites for hydroxylation is 6. The number of ether oxygens (including phenoxy) is 2. The van der Waals surface area contributed by atoms with E-state index in [9.17, 15) is 4.39 Å². The molecule has 148 heavy (non-hydrogen) atoms. The Kier molecular flexibility index (Phi) is 59.8. The van der Waals surface area contributed by atoms with Crippen LogP contribution < -0.4 is 9.47 Å². The number of pyridine rings is 2. The Morgan fingerprint density at radius 1 is 0.351 bits per heavy atom. The molecule has 0 N–H and O–H groups in total. The minimum absolute atomic E-state index is 0.205.